The van der Waals surface area contributed by atoms with Crippen molar-refractivity contribution in [2.24, 2.45) is 4.99 Å². The summed E-state index contributed by atoms with van der Waals surface area (Å²) in [4.78, 5) is 5.53. The van der Waals surface area contributed by atoms with Gasteiger partial charge in [-0.3, -0.25) is 14.6 Å². The molecule has 2 rings (SSSR count). The Bertz CT molecular complexity index is 531. The molecule has 0 aromatic carbocycles. The molecule has 1 fully saturated rings. The lowest BCUT2D eigenvalue weighted by molar-refractivity contribution is -0.143. The van der Waals surface area contributed by atoms with Crippen LogP contribution in [0.5, 0.6) is 0 Å². The predicted molar refractivity (Wildman–Crippen MR) is 97.8 cm³/mol. The molecule has 2 heterocycles. The molecular weight excluding hydrogens is 436 g/mol. The fourth-order valence-electron chi connectivity index (χ4n) is 2.61. The van der Waals surface area contributed by atoms with Crippen LogP contribution in [-0.2, 0) is 6.54 Å². The summed E-state index contributed by atoms with van der Waals surface area (Å²) in [5.74, 6) is 0.604. The molecule has 1 atom stereocenters. The van der Waals surface area contributed by atoms with Crippen LogP contribution in [0.4, 0.5) is 13.2 Å². The molecule has 0 aliphatic carbocycles. The number of aliphatic imine (C=N–C) groups is 1. The lowest BCUT2D eigenvalue weighted by Gasteiger charge is -2.19. The van der Waals surface area contributed by atoms with Crippen molar-refractivity contribution in [2.75, 3.05) is 33.2 Å². The van der Waals surface area contributed by atoms with Crippen LogP contribution in [0, 0.1) is 6.92 Å². The van der Waals surface area contributed by atoms with E-state index in [-0.39, 0.29) is 30.0 Å². The summed E-state index contributed by atoms with van der Waals surface area (Å²) >= 11 is 0. The van der Waals surface area contributed by atoms with Crippen LogP contribution in [0.25, 0.3) is 0 Å². The maximum atomic E-state index is 12.4. The lowest BCUT2D eigenvalue weighted by atomic mass is 10.3. The fraction of sp³-hybridized carbons (Fsp3) is 0.714. The molecule has 1 aliphatic heterocycles. The van der Waals surface area contributed by atoms with Crippen molar-refractivity contribution in [1.82, 2.24) is 25.3 Å². The molecule has 10 heteroatoms. The Hall–Kier alpha value is -1.04. The Morgan fingerprint density at radius 3 is 2.79 bits per heavy atom. The number of rotatable bonds is 5. The van der Waals surface area contributed by atoms with E-state index in [2.05, 4.69) is 20.7 Å². The normalized spacial score (nSPS) is 19.2. The Balaban J connectivity index is 0.00000288. The van der Waals surface area contributed by atoms with Gasteiger partial charge in [0.25, 0.3) is 0 Å². The first-order chi connectivity index (χ1) is 10.9. The zero-order valence-electron chi connectivity index (χ0n) is 13.8. The van der Waals surface area contributed by atoms with Gasteiger partial charge in [0.2, 0.25) is 0 Å². The van der Waals surface area contributed by atoms with E-state index in [1.165, 1.54) is 4.90 Å². The summed E-state index contributed by atoms with van der Waals surface area (Å²) in [5.41, 5.74) is 1.10. The number of nitrogens with zero attached hydrogens (tertiary/aromatic N) is 4. The van der Waals surface area contributed by atoms with Crippen molar-refractivity contribution in [3.63, 3.8) is 0 Å². The first kappa shape index (κ1) is 21.0. The number of hydrogen-bond donors (Lipinski definition) is 2. The molecule has 1 aromatic heterocycles. The van der Waals surface area contributed by atoms with Crippen LogP contribution in [0.2, 0.25) is 0 Å². The summed E-state index contributed by atoms with van der Waals surface area (Å²) in [6.07, 6.45) is 0.274. The molecule has 1 saturated heterocycles. The molecule has 1 aromatic rings. The van der Waals surface area contributed by atoms with Gasteiger partial charge in [-0.25, -0.2) is 0 Å². The van der Waals surface area contributed by atoms with Gasteiger partial charge in [-0.2, -0.15) is 18.3 Å². The van der Waals surface area contributed by atoms with E-state index in [4.69, 9.17) is 0 Å². The number of guanidine groups is 1. The first-order valence-corrected chi connectivity index (χ1v) is 7.61. The van der Waals surface area contributed by atoms with Gasteiger partial charge in [-0.15, -0.1) is 24.0 Å². The second-order valence-corrected chi connectivity index (χ2v) is 5.76. The van der Waals surface area contributed by atoms with Gasteiger partial charge in [-0.05, 0) is 18.9 Å². The van der Waals surface area contributed by atoms with E-state index in [1.807, 2.05) is 17.8 Å². The molecule has 1 aliphatic rings. The number of likely N-dealkylation sites (tertiary alicyclic amines) is 1. The molecule has 24 heavy (non-hydrogen) atoms. The maximum absolute atomic E-state index is 12.4. The van der Waals surface area contributed by atoms with Crippen LogP contribution < -0.4 is 10.6 Å². The minimum atomic E-state index is -4.14. The third-order valence-electron chi connectivity index (χ3n) is 3.64. The average Bonchev–Trinajstić information content (AvgIpc) is 3.05. The van der Waals surface area contributed by atoms with Crippen LogP contribution in [-0.4, -0.2) is 66.1 Å². The maximum Gasteiger partial charge on any atom is 0.401 e. The molecule has 0 radical (unpaired) electrons. The third kappa shape index (κ3) is 7.24. The monoisotopic (exact) mass is 460 g/mol. The Morgan fingerprint density at radius 2 is 2.21 bits per heavy atom. The minimum absolute atomic E-state index is 0. The van der Waals surface area contributed by atoms with E-state index in [0.717, 1.165) is 5.56 Å². The Morgan fingerprint density at radius 1 is 1.46 bits per heavy atom. The molecule has 0 bridgehead atoms. The van der Waals surface area contributed by atoms with Crippen molar-refractivity contribution in [3.05, 3.63) is 18.0 Å². The standard InChI is InChI=1S/C14H23F3N6.HI/c1-11-7-20-23(8-11)6-4-19-13(18-2)21-12-3-5-22(9-12)10-14(15,16)17;/h7-8,12H,3-6,9-10H2,1-2H3,(H2,18,19,21);1H. The molecule has 0 spiro atoms. The average molecular weight is 460 g/mol. The predicted octanol–water partition coefficient (Wildman–Crippen LogP) is 1.61. The molecule has 1 unspecified atom stereocenters. The van der Waals surface area contributed by atoms with Crippen LogP contribution in [0.3, 0.4) is 0 Å². The van der Waals surface area contributed by atoms with Crippen molar-refractivity contribution in [3.8, 4) is 0 Å². The van der Waals surface area contributed by atoms with Crippen LogP contribution in [0.1, 0.15) is 12.0 Å². The van der Waals surface area contributed by atoms with Gasteiger partial charge in [0.15, 0.2) is 5.96 Å². The summed E-state index contributed by atoms with van der Waals surface area (Å²) in [6, 6.07) is -0.0181. The zero-order valence-corrected chi connectivity index (χ0v) is 16.1. The number of alkyl halides is 3. The Labute approximate surface area is 156 Å². The molecule has 6 nitrogen and oxygen atoms in total. The van der Waals surface area contributed by atoms with E-state index in [0.29, 0.717) is 38.6 Å². The largest absolute Gasteiger partial charge is 0.401 e. The lowest BCUT2D eigenvalue weighted by Crippen LogP contribution is -2.45. The van der Waals surface area contributed by atoms with Crippen molar-refractivity contribution in [2.45, 2.75) is 32.1 Å². The molecule has 0 saturated carbocycles. The van der Waals surface area contributed by atoms with E-state index in [1.54, 1.807) is 13.2 Å². The highest BCUT2D eigenvalue weighted by Gasteiger charge is 2.34. The van der Waals surface area contributed by atoms with Gasteiger partial charge < -0.3 is 10.6 Å². The quantitative estimate of drug-likeness (QED) is 0.399. The second kappa shape index (κ2) is 9.44. The topological polar surface area (TPSA) is 57.5 Å². The highest BCUT2D eigenvalue weighted by molar-refractivity contribution is 14.0. The number of aryl methyl sites for hydroxylation is 1. The van der Waals surface area contributed by atoms with E-state index in [9.17, 15) is 13.2 Å². The van der Waals surface area contributed by atoms with Crippen molar-refractivity contribution < 1.29 is 13.2 Å². The zero-order chi connectivity index (χ0) is 16.9. The fourth-order valence-corrected chi connectivity index (χ4v) is 2.61. The number of halogens is 4. The SMILES string of the molecule is CN=C(NCCn1cc(C)cn1)NC1CCN(CC(F)(F)F)C1.I. The van der Waals surface area contributed by atoms with Crippen LogP contribution in [0.15, 0.2) is 17.4 Å². The van der Waals surface area contributed by atoms with Gasteiger partial charge >= 0.3 is 6.18 Å². The van der Waals surface area contributed by atoms with Gasteiger partial charge in [-0.1, -0.05) is 0 Å². The van der Waals surface area contributed by atoms with Gasteiger partial charge in [0, 0.05) is 38.9 Å². The summed E-state index contributed by atoms with van der Waals surface area (Å²) in [6.45, 7) is 3.28. The first-order valence-electron chi connectivity index (χ1n) is 7.61. The van der Waals surface area contributed by atoms with Crippen molar-refractivity contribution >= 4 is 29.9 Å². The Kier molecular flexibility index (Phi) is 8.27. The summed E-state index contributed by atoms with van der Waals surface area (Å²) in [7, 11) is 1.65. The van der Waals surface area contributed by atoms with E-state index >= 15 is 0 Å². The van der Waals surface area contributed by atoms with Crippen molar-refractivity contribution in [1.29, 1.82) is 0 Å². The van der Waals surface area contributed by atoms with E-state index < -0.39 is 12.7 Å². The summed E-state index contributed by atoms with van der Waals surface area (Å²) < 4.78 is 39.0. The molecule has 2 N–H and O–H groups in total. The summed E-state index contributed by atoms with van der Waals surface area (Å²) in [5, 5.41) is 10.5. The third-order valence-corrected chi connectivity index (χ3v) is 3.64. The second-order valence-electron chi connectivity index (χ2n) is 5.76. The molecular formula is C14H24F3IN6. The molecule has 0 amide bonds. The van der Waals surface area contributed by atoms with Gasteiger partial charge in [0.05, 0.1) is 19.3 Å². The highest BCUT2D eigenvalue weighted by Crippen LogP contribution is 2.19. The highest BCUT2D eigenvalue weighted by atomic mass is 127. The van der Waals surface area contributed by atoms with Crippen LogP contribution >= 0.6 is 24.0 Å². The smallest absolute Gasteiger partial charge is 0.355 e. The number of nitrogens with one attached hydrogen (secondary N) is 2. The minimum Gasteiger partial charge on any atom is -0.355 e. The molecule has 138 valence electrons. The number of hydrogen-bond acceptors (Lipinski definition) is 3. The number of aromatic nitrogens is 2. The van der Waals surface area contributed by atoms with Gasteiger partial charge in [0.1, 0.15) is 0 Å².